The summed E-state index contributed by atoms with van der Waals surface area (Å²) in [6.07, 6.45) is 2.92. The maximum absolute atomic E-state index is 12.4. The van der Waals surface area contributed by atoms with Gasteiger partial charge in [0.25, 0.3) is 0 Å². The number of ether oxygens (including phenoxy) is 1. The number of halogens is 1. The Balaban J connectivity index is 2.12. The summed E-state index contributed by atoms with van der Waals surface area (Å²) in [6, 6.07) is 3.79. The molecule has 24 heavy (non-hydrogen) atoms. The van der Waals surface area contributed by atoms with Crippen molar-refractivity contribution < 1.29 is 22.7 Å². The van der Waals surface area contributed by atoms with Crippen LogP contribution in [0.3, 0.4) is 0 Å². The minimum absolute atomic E-state index is 0.0411. The lowest BCUT2D eigenvalue weighted by molar-refractivity contribution is -0.130. The number of nitrogens with one attached hydrogen (secondary N) is 1. The molecular formula is C15H19ClN2O5S. The van der Waals surface area contributed by atoms with Crippen molar-refractivity contribution in [2.45, 2.75) is 24.2 Å². The van der Waals surface area contributed by atoms with Gasteiger partial charge in [-0.15, -0.1) is 0 Å². The smallest absolute Gasteiger partial charge is 0.337 e. The van der Waals surface area contributed by atoms with E-state index in [1.165, 1.54) is 19.2 Å². The average Bonchev–Trinajstić information content (AvgIpc) is 2.60. The van der Waals surface area contributed by atoms with Crippen molar-refractivity contribution >= 4 is 33.5 Å². The third-order valence-corrected chi connectivity index (χ3v) is 5.65. The maximum Gasteiger partial charge on any atom is 0.337 e. The van der Waals surface area contributed by atoms with Crippen LogP contribution in [0.2, 0.25) is 5.02 Å². The number of likely N-dealkylation sites (tertiary alicyclic amines) is 1. The van der Waals surface area contributed by atoms with E-state index in [0.29, 0.717) is 13.1 Å². The first kappa shape index (κ1) is 18.7. The van der Waals surface area contributed by atoms with Gasteiger partial charge in [-0.25, -0.2) is 17.9 Å². The summed E-state index contributed by atoms with van der Waals surface area (Å²) in [7, 11) is -2.83. The fraction of sp³-hybridized carbons (Fsp3) is 0.467. The number of carbonyl (C=O) groups is 2. The van der Waals surface area contributed by atoms with E-state index in [-0.39, 0.29) is 27.9 Å². The number of nitrogens with zero attached hydrogens (tertiary/aromatic N) is 1. The Hall–Kier alpha value is -1.64. The number of hydrogen-bond donors (Lipinski definition) is 1. The Morgan fingerprint density at radius 1 is 1.25 bits per heavy atom. The van der Waals surface area contributed by atoms with Crippen molar-refractivity contribution in [2.75, 3.05) is 26.7 Å². The normalized spacial score (nSPS) is 15.2. The molecule has 0 spiro atoms. The zero-order valence-electron chi connectivity index (χ0n) is 13.2. The summed E-state index contributed by atoms with van der Waals surface area (Å²) < 4.78 is 31.6. The molecule has 1 heterocycles. The summed E-state index contributed by atoms with van der Waals surface area (Å²) >= 11 is 5.93. The van der Waals surface area contributed by atoms with Gasteiger partial charge in [0.05, 0.1) is 24.2 Å². The summed E-state index contributed by atoms with van der Waals surface area (Å²) in [5.74, 6) is -0.953. The van der Waals surface area contributed by atoms with E-state index in [9.17, 15) is 18.0 Å². The Morgan fingerprint density at radius 2 is 1.92 bits per heavy atom. The van der Waals surface area contributed by atoms with Crippen LogP contribution in [0.15, 0.2) is 23.1 Å². The summed E-state index contributed by atoms with van der Waals surface area (Å²) in [5.41, 5.74) is 0.0598. The third kappa shape index (κ3) is 4.46. The van der Waals surface area contributed by atoms with Gasteiger partial charge in [-0.2, -0.15) is 0 Å². The van der Waals surface area contributed by atoms with Gasteiger partial charge in [-0.3, -0.25) is 4.79 Å². The van der Waals surface area contributed by atoms with E-state index >= 15 is 0 Å². The predicted octanol–water partition coefficient (Wildman–Crippen LogP) is 1.42. The third-order valence-electron chi connectivity index (χ3n) is 3.76. The van der Waals surface area contributed by atoms with Gasteiger partial charge in [0.1, 0.15) is 4.90 Å². The Bertz CT molecular complexity index is 729. The monoisotopic (exact) mass is 374 g/mol. The molecule has 0 atom stereocenters. The van der Waals surface area contributed by atoms with E-state index in [1.54, 1.807) is 4.90 Å². The van der Waals surface area contributed by atoms with Gasteiger partial charge in [0.2, 0.25) is 15.9 Å². The molecule has 1 fully saturated rings. The van der Waals surface area contributed by atoms with Crippen molar-refractivity contribution in [3.05, 3.63) is 28.8 Å². The van der Waals surface area contributed by atoms with Crippen LogP contribution in [0, 0.1) is 0 Å². The number of rotatable bonds is 5. The summed E-state index contributed by atoms with van der Waals surface area (Å²) in [6.45, 7) is 0.930. The zero-order valence-corrected chi connectivity index (χ0v) is 14.8. The molecule has 1 aromatic rings. The van der Waals surface area contributed by atoms with Crippen molar-refractivity contribution in [3.63, 3.8) is 0 Å². The molecule has 0 unspecified atom stereocenters. The first-order valence-electron chi connectivity index (χ1n) is 7.50. The number of sulfonamides is 1. The SMILES string of the molecule is COC(=O)c1ccc(Cl)c(S(=O)(=O)NCC(=O)N2CCCCC2)c1. The van der Waals surface area contributed by atoms with Crippen LogP contribution >= 0.6 is 11.6 Å². The molecule has 0 aliphatic carbocycles. The van der Waals surface area contributed by atoms with Gasteiger partial charge in [0, 0.05) is 13.1 Å². The molecule has 0 aromatic heterocycles. The van der Waals surface area contributed by atoms with E-state index in [1.807, 2.05) is 0 Å². The molecule has 1 aliphatic rings. The number of piperidine rings is 1. The van der Waals surface area contributed by atoms with E-state index in [2.05, 4.69) is 9.46 Å². The maximum atomic E-state index is 12.4. The van der Waals surface area contributed by atoms with Gasteiger partial charge in [-0.05, 0) is 37.5 Å². The lowest BCUT2D eigenvalue weighted by Gasteiger charge is -2.26. The van der Waals surface area contributed by atoms with Crippen LogP contribution < -0.4 is 4.72 Å². The van der Waals surface area contributed by atoms with Gasteiger partial charge < -0.3 is 9.64 Å². The number of esters is 1. The van der Waals surface area contributed by atoms with Crippen molar-refractivity contribution in [1.29, 1.82) is 0 Å². The van der Waals surface area contributed by atoms with E-state index in [0.717, 1.165) is 25.3 Å². The van der Waals surface area contributed by atoms with Crippen molar-refractivity contribution in [3.8, 4) is 0 Å². The predicted molar refractivity (Wildman–Crippen MR) is 88.4 cm³/mol. The molecule has 1 amide bonds. The van der Waals surface area contributed by atoms with Crippen molar-refractivity contribution in [1.82, 2.24) is 9.62 Å². The topological polar surface area (TPSA) is 92.8 Å². The average molecular weight is 375 g/mol. The quantitative estimate of drug-likeness (QED) is 0.787. The molecule has 0 saturated carbocycles. The highest BCUT2D eigenvalue weighted by Crippen LogP contribution is 2.23. The van der Waals surface area contributed by atoms with Crippen LogP contribution in [0.5, 0.6) is 0 Å². The van der Waals surface area contributed by atoms with E-state index in [4.69, 9.17) is 11.6 Å². The Kier molecular flexibility index (Phi) is 6.20. The minimum atomic E-state index is -4.03. The van der Waals surface area contributed by atoms with Gasteiger partial charge in [-0.1, -0.05) is 11.6 Å². The largest absolute Gasteiger partial charge is 0.465 e. The molecule has 0 bridgehead atoms. The second-order valence-electron chi connectivity index (χ2n) is 5.40. The van der Waals surface area contributed by atoms with Gasteiger partial charge in [0.15, 0.2) is 0 Å². The zero-order chi connectivity index (χ0) is 17.7. The highest BCUT2D eigenvalue weighted by molar-refractivity contribution is 7.89. The van der Waals surface area contributed by atoms with Crippen LogP contribution in [-0.4, -0.2) is 51.9 Å². The lowest BCUT2D eigenvalue weighted by Crippen LogP contribution is -2.42. The van der Waals surface area contributed by atoms with Crippen LogP contribution in [0.25, 0.3) is 0 Å². The molecule has 2 rings (SSSR count). The second kappa shape index (κ2) is 7.96. The fourth-order valence-corrected chi connectivity index (χ4v) is 3.94. The summed E-state index contributed by atoms with van der Waals surface area (Å²) in [5, 5.41) is -0.0411. The van der Waals surface area contributed by atoms with Crippen LogP contribution in [0.1, 0.15) is 29.6 Å². The molecule has 1 saturated heterocycles. The molecule has 7 nitrogen and oxygen atoms in total. The summed E-state index contributed by atoms with van der Waals surface area (Å²) in [4.78, 5) is 25.0. The molecule has 1 aromatic carbocycles. The first-order valence-corrected chi connectivity index (χ1v) is 9.36. The number of benzene rings is 1. The van der Waals surface area contributed by atoms with E-state index < -0.39 is 16.0 Å². The minimum Gasteiger partial charge on any atom is -0.465 e. The van der Waals surface area contributed by atoms with Crippen molar-refractivity contribution in [2.24, 2.45) is 0 Å². The number of methoxy groups -OCH3 is 1. The molecular weight excluding hydrogens is 356 g/mol. The standard InChI is InChI=1S/C15H19ClN2O5S/c1-23-15(20)11-5-6-12(16)13(9-11)24(21,22)17-10-14(19)18-7-3-2-4-8-18/h5-6,9,17H,2-4,7-8,10H2,1H3. The molecule has 1 aliphatic heterocycles. The molecule has 1 N–H and O–H groups in total. The van der Waals surface area contributed by atoms with Crippen LogP contribution in [-0.2, 0) is 19.6 Å². The molecule has 132 valence electrons. The highest BCUT2D eigenvalue weighted by Gasteiger charge is 2.23. The Morgan fingerprint density at radius 3 is 2.54 bits per heavy atom. The number of hydrogen-bond acceptors (Lipinski definition) is 5. The number of carbonyl (C=O) groups excluding carboxylic acids is 2. The second-order valence-corrected chi connectivity index (χ2v) is 7.55. The first-order chi connectivity index (χ1) is 11.3. The van der Waals surface area contributed by atoms with Gasteiger partial charge >= 0.3 is 5.97 Å². The lowest BCUT2D eigenvalue weighted by atomic mass is 10.1. The highest BCUT2D eigenvalue weighted by atomic mass is 35.5. The molecule has 0 radical (unpaired) electrons. The molecule has 9 heteroatoms. The Labute approximate surface area is 146 Å². The fourth-order valence-electron chi connectivity index (χ4n) is 2.44. The van der Waals surface area contributed by atoms with Crippen LogP contribution in [0.4, 0.5) is 0 Å². The number of amides is 1.